The summed E-state index contributed by atoms with van der Waals surface area (Å²) in [6.45, 7) is 5.06. The normalized spacial score (nSPS) is 11.2. The molecule has 0 aromatic heterocycles. The van der Waals surface area contributed by atoms with E-state index in [1.54, 1.807) is 24.3 Å². The third-order valence-corrected chi connectivity index (χ3v) is 3.36. The molecule has 0 amide bonds. The molecule has 24 heavy (non-hydrogen) atoms. The standard InChI is InChI=1S/C20H22O4/c1-3-12-24-18-11-10-15(14-19(18)23-4-2)13-17(20(21)22)16-8-6-5-7-9-16/h5-11,13-14H,3-4,12H2,1-2H3,(H,21,22)/b17-13-. The van der Waals surface area contributed by atoms with Crippen LogP contribution < -0.4 is 9.47 Å². The van der Waals surface area contributed by atoms with E-state index in [1.165, 1.54) is 0 Å². The van der Waals surface area contributed by atoms with Crippen molar-refractivity contribution in [2.24, 2.45) is 0 Å². The molecule has 0 unspecified atom stereocenters. The molecule has 0 saturated heterocycles. The van der Waals surface area contributed by atoms with E-state index in [9.17, 15) is 9.90 Å². The lowest BCUT2D eigenvalue weighted by Gasteiger charge is -2.12. The largest absolute Gasteiger partial charge is 0.490 e. The van der Waals surface area contributed by atoms with Gasteiger partial charge in [-0.25, -0.2) is 4.79 Å². The zero-order chi connectivity index (χ0) is 17.4. The number of carboxylic acids is 1. The third kappa shape index (κ3) is 4.62. The topological polar surface area (TPSA) is 55.8 Å². The number of aliphatic carboxylic acids is 1. The number of hydrogen-bond donors (Lipinski definition) is 1. The van der Waals surface area contributed by atoms with E-state index in [0.717, 1.165) is 12.0 Å². The van der Waals surface area contributed by atoms with Crippen LogP contribution in [0.15, 0.2) is 48.5 Å². The lowest BCUT2D eigenvalue weighted by Crippen LogP contribution is -2.01. The SMILES string of the molecule is CCCOc1ccc(/C=C(\C(=O)O)c2ccccc2)cc1OCC. The van der Waals surface area contributed by atoms with Crippen molar-refractivity contribution in [1.29, 1.82) is 0 Å². The van der Waals surface area contributed by atoms with Crippen molar-refractivity contribution in [3.05, 3.63) is 59.7 Å². The zero-order valence-electron chi connectivity index (χ0n) is 14.0. The Morgan fingerprint density at radius 2 is 1.79 bits per heavy atom. The summed E-state index contributed by atoms with van der Waals surface area (Å²) in [4.78, 5) is 11.6. The van der Waals surface area contributed by atoms with E-state index >= 15 is 0 Å². The summed E-state index contributed by atoms with van der Waals surface area (Å²) in [5, 5.41) is 9.51. The lowest BCUT2D eigenvalue weighted by molar-refractivity contribution is -0.130. The molecule has 0 bridgehead atoms. The first-order valence-corrected chi connectivity index (χ1v) is 8.05. The van der Waals surface area contributed by atoms with Crippen molar-refractivity contribution < 1.29 is 19.4 Å². The molecule has 0 radical (unpaired) electrons. The van der Waals surface area contributed by atoms with Crippen LogP contribution in [-0.4, -0.2) is 24.3 Å². The molecular weight excluding hydrogens is 304 g/mol. The second kappa shape index (κ2) is 8.77. The van der Waals surface area contributed by atoms with E-state index in [1.807, 2.05) is 44.2 Å². The minimum absolute atomic E-state index is 0.236. The summed E-state index contributed by atoms with van der Waals surface area (Å²) in [6.07, 6.45) is 2.55. The highest BCUT2D eigenvalue weighted by atomic mass is 16.5. The Hall–Kier alpha value is -2.75. The number of carboxylic acid groups (broad SMARTS) is 1. The zero-order valence-corrected chi connectivity index (χ0v) is 14.0. The molecule has 0 spiro atoms. The maximum absolute atomic E-state index is 11.6. The van der Waals surface area contributed by atoms with E-state index in [4.69, 9.17) is 9.47 Å². The summed E-state index contributed by atoms with van der Waals surface area (Å²) in [6, 6.07) is 14.5. The monoisotopic (exact) mass is 326 g/mol. The van der Waals surface area contributed by atoms with Crippen LogP contribution in [0.25, 0.3) is 11.6 Å². The Morgan fingerprint density at radius 3 is 2.42 bits per heavy atom. The van der Waals surface area contributed by atoms with Crippen LogP contribution in [0.3, 0.4) is 0 Å². The first-order chi connectivity index (χ1) is 11.7. The van der Waals surface area contributed by atoms with Gasteiger partial charge in [-0.05, 0) is 42.7 Å². The Bertz CT molecular complexity index is 705. The summed E-state index contributed by atoms with van der Waals surface area (Å²) >= 11 is 0. The van der Waals surface area contributed by atoms with E-state index in [-0.39, 0.29) is 5.57 Å². The number of ether oxygens (including phenoxy) is 2. The molecular formula is C20H22O4. The maximum Gasteiger partial charge on any atom is 0.336 e. The average molecular weight is 326 g/mol. The van der Waals surface area contributed by atoms with Crippen molar-refractivity contribution in [3.8, 4) is 11.5 Å². The average Bonchev–Trinajstić information content (AvgIpc) is 2.59. The predicted molar refractivity (Wildman–Crippen MR) is 95.3 cm³/mol. The van der Waals surface area contributed by atoms with Crippen molar-refractivity contribution in [3.63, 3.8) is 0 Å². The molecule has 126 valence electrons. The molecule has 4 heteroatoms. The van der Waals surface area contributed by atoms with Crippen molar-refractivity contribution in [2.75, 3.05) is 13.2 Å². The highest BCUT2D eigenvalue weighted by Crippen LogP contribution is 2.30. The third-order valence-electron chi connectivity index (χ3n) is 3.36. The Balaban J connectivity index is 2.39. The van der Waals surface area contributed by atoms with Gasteiger partial charge in [-0.1, -0.05) is 43.3 Å². The Labute approximate surface area is 142 Å². The van der Waals surface area contributed by atoms with Gasteiger partial charge in [0.25, 0.3) is 0 Å². The second-order valence-corrected chi connectivity index (χ2v) is 5.22. The van der Waals surface area contributed by atoms with Gasteiger partial charge in [0.15, 0.2) is 11.5 Å². The molecule has 4 nitrogen and oxygen atoms in total. The smallest absolute Gasteiger partial charge is 0.336 e. The van der Waals surface area contributed by atoms with Crippen molar-refractivity contribution in [2.45, 2.75) is 20.3 Å². The van der Waals surface area contributed by atoms with E-state index in [2.05, 4.69) is 0 Å². The van der Waals surface area contributed by atoms with Gasteiger partial charge in [0.05, 0.1) is 18.8 Å². The van der Waals surface area contributed by atoms with Gasteiger partial charge in [0, 0.05) is 0 Å². The van der Waals surface area contributed by atoms with Gasteiger partial charge < -0.3 is 14.6 Å². The van der Waals surface area contributed by atoms with Gasteiger partial charge in [0.1, 0.15) is 0 Å². The number of carbonyl (C=O) groups is 1. The van der Waals surface area contributed by atoms with Crippen LogP contribution in [0, 0.1) is 0 Å². The minimum atomic E-state index is -0.967. The van der Waals surface area contributed by atoms with Crippen LogP contribution in [0.1, 0.15) is 31.4 Å². The van der Waals surface area contributed by atoms with Gasteiger partial charge in [-0.3, -0.25) is 0 Å². The summed E-state index contributed by atoms with van der Waals surface area (Å²) in [5.74, 6) is 0.329. The molecule has 0 aliphatic heterocycles. The quantitative estimate of drug-likeness (QED) is 0.573. The second-order valence-electron chi connectivity index (χ2n) is 5.22. The van der Waals surface area contributed by atoms with Crippen LogP contribution in [-0.2, 0) is 4.79 Å². The molecule has 0 atom stereocenters. The first-order valence-electron chi connectivity index (χ1n) is 8.05. The molecule has 0 aliphatic rings. The molecule has 2 rings (SSSR count). The molecule has 2 aromatic rings. The first kappa shape index (κ1) is 17.6. The fraction of sp³-hybridized carbons (Fsp3) is 0.250. The van der Waals surface area contributed by atoms with Gasteiger partial charge in [0.2, 0.25) is 0 Å². The van der Waals surface area contributed by atoms with Crippen molar-refractivity contribution >= 4 is 17.6 Å². The predicted octanol–water partition coefficient (Wildman–Crippen LogP) is 4.50. The molecule has 0 aliphatic carbocycles. The summed E-state index contributed by atoms with van der Waals surface area (Å²) in [7, 11) is 0. The fourth-order valence-corrected chi connectivity index (χ4v) is 2.27. The Morgan fingerprint density at radius 1 is 1.04 bits per heavy atom. The lowest BCUT2D eigenvalue weighted by atomic mass is 10.0. The molecule has 0 heterocycles. The van der Waals surface area contributed by atoms with E-state index < -0.39 is 5.97 Å². The van der Waals surface area contributed by atoms with Crippen LogP contribution in [0.2, 0.25) is 0 Å². The minimum Gasteiger partial charge on any atom is -0.490 e. The highest BCUT2D eigenvalue weighted by molar-refractivity contribution is 6.20. The van der Waals surface area contributed by atoms with Gasteiger partial charge in [-0.15, -0.1) is 0 Å². The number of rotatable bonds is 8. The molecule has 0 fully saturated rings. The van der Waals surface area contributed by atoms with Crippen molar-refractivity contribution in [1.82, 2.24) is 0 Å². The molecule has 1 N–H and O–H groups in total. The molecule has 0 saturated carbocycles. The Kier molecular flexibility index (Phi) is 6.43. The summed E-state index contributed by atoms with van der Waals surface area (Å²) in [5.41, 5.74) is 1.65. The van der Waals surface area contributed by atoms with Crippen LogP contribution >= 0.6 is 0 Å². The number of benzene rings is 2. The van der Waals surface area contributed by atoms with E-state index in [0.29, 0.717) is 30.3 Å². The van der Waals surface area contributed by atoms with Crippen LogP contribution in [0.4, 0.5) is 0 Å². The molecule has 2 aromatic carbocycles. The van der Waals surface area contributed by atoms with Gasteiger partial charge in [-0.2, -0.15) is 0 Å². The maximum atomic E-state index is 11.6. The number of hydrogen-bond acceptors (Lipinski definition) is 3. The van der Waals surface area contributed by atoms with Gasteiger partial charge >= 0.3 is 5.97 Å². The van der Waals surface area contributed by atoms with Crippen LogP contribution in [0.5, 0.6) is 11.5 Å². The highest BCUT2D eigenvalue weighted by Gasteiger charge is 2.11. The fourth-order valence-electron chi connectivity index (χ4n) is 2.27. The summed E-state index contributed by atoms with van der Waals surface area (Å²) < 4.78 is 11.3.